The molecule has 0 bridgehead atoms. The molecule has 5 rings (SSSR count). The fraction of sp³-hybridized carbons (Fsp3) is 0.400. The predicted octanol–water partition coefficient (Wildman–Crippen LogP) is 1.87. The van der Waals surface area contributed by atoms with Gasteiger partial charge in [0.25, 0.3) is 0 Å². The smallest absolute Gasteiger partial charge is 0.246 e. The second kappa shape index (κ2) is 9.83. The van der Waals surface area contributed by atoms with Crippen molar-refractivity contribution < 1.29 is 19.1 Å². The van der Waals surface area contributed by atoms with E-state index in [9.17, 15) is 14.4 Å². The zero-order chi connectivity index (χ0) is 24.4. The minimum Gasteiger partial charge on any atom is -0.497 e. The summed E-state index contributed by atoms with van der Waals surface area (Å²) in [7, 11) is 1.60. The highest BCUT2D eigenvalue weighted by Gasteiger charge is 2.39. The van der Waals surface area contributed by atoms with Gasteiger partial charge in [0.1, 0.15) is 5.75 Å². The van der Waals surface area contributed by atoms with Crippen LogP contribution in [0.2, 0.25) is 0 Å². The van der Waals surface area contributed by atoms with Gasteiger partial charge in [0, 0.05) is 24.2 Å². The molecule has 182 valence electrons. The highest BCUT2D eigenvalue weighted by atomic mass is 16.5. The summed E-state index contributed by atoms with van der Waals surface area (Å²) in [5.41, 5.74) is 1.33. The first kappa shape index (κ1) is 23.0. The average molecular weight is 477 g/mol. The molecule has 35 heavy (non-hydrogen) atoms. The number of hydrogen-bond acceptors (Lipinski definition) is 7. The van der Waals surface area contributed by atoms with Crippen molar-refractivity contribution in [2.45, 2.75) is 25.3 Å². The molecule has 3 aromatic rings. The average Bonchev–Trinajstić information content (AvgIpc) is 3.47. The first-order valence-corrected chi connectivity index (χ1v) is 11.8. The Labute approximate surface area is 202 Å². The van der Waals surface area contributed by atoms with E-state index in [2.05, 4.69) is 20.4 Å². The molecule has 0 aliphatic carbocycles. The number of carbonyl (C=O) groups excluding carboxylic acids is 3. The maximum Gasteiger partial charge on any atom is 0.246 e. The lowest BCUT2D eigenvalue weighted by molar-refractivity contribution is -0.135. The topological polar surface area (TPSA) is 109 Å². The highest BCUT2D eigenvalue weighted by molar-refractivity contribution is 5.98. The largest absolute Gasteiger partial charge is 0.497 e. The molecule has 1 aromatic carbocycles. The lowest BCUT2D eigenvalue weighted by Crippen LogP contribution is -2.47. The minimum absolute atomic E-state index is 0.0243. The number of aromatic nitrogens is 3. The standard InChI is InChI=1S/C25H28N6O4/c1-35-19-7-5-17(6-8-19)23(33)18-9-13-29(14-10-18)20-11-15-30(24(20)34)16-22(32)26-25-28-27-21-4-2-3-12-31(21)25/h2-8,12,18,20H,9-11,13-16H2,1H3,(H,26,28,32). The van der Waals surface area contributed by atoms with Crippen LogP contribution >= 0.6 is 0 Å². The predicted molar refractivity (Wildman–Crippen MR) is 128 cm³/mol. The van der Waals surface area contributed by atoms with Crippen molar-refractivity contribution in [3.8, 4) is 5.75 Å². The highest BCUT2D eigenvalue weighted by Crippen LogP contribution is 2.27. The van der Waals surface area contributed by atoms with E-state index in [0.717, 1.165) is 18.6 Å². The number of amides is 2. The fourth-order valence-corrected chi connectivity index (χ4v) is 4.95. The monoisotopic (exact) mass is 476 g/mol. The summed E-state index contributed by atoms with van der Waals surface area (Å²) in [5, 5.41) is 10.8. The van der Waals surface area contributed by atoms with Gasteiger partial charge in [-0.25, -0.2) is 0 Å². The number of carbonyl (C=O) groups is 3. The van der Waals surface area contributed by atoms with Gasteiger partial charge in [-0.1, -0.05) is 6.07 Å². The minimum atomic E-state index is -0.305. The number of benzene rings is 1. The van der Waals surface area contributed by atoms with Crippen LogP contribution in [0, 0.1) is 5.92 Å². The maximum atomic E-state index is 13.0. The molecule has 4 heterocycles. The van der Waals surface area contributed by atoms with Gasteiger partial charge in [-0.2, -0.15) is 0 Å². The molecule has 2 fully saturated rings. The lowest BCUT2D eigenvalue weighted by atomic mass is 9.88. The summed E-state index contributed by atoms with van der Waals surface area (Å²) < 4.78 is 6.85. The second-order valence-electron chi connectivity index (χ2n) is 8.97. The Morgan fingerprint density at radius 1 is 1.03 bits per heavy atom. The summed E-state index contributed by atoms with van der Waals surface area (Å²) >= 11 is 0. The number of pyridine rings is 1. The third-order valence-electron chi connectivity index (χ3n) is 6.88. The number of rotatable bonds is 7. The van der Waals surface area contributed by atoms with Gasteiger partial charge in [0.15, 0.2) is 11.4 Å². The van der Waals surface area contributed by atoms with Gasteiger partial charge < -0.3 is 9.64 Å². The molecule has 2 aliphatic heterocycles. The van der Waals surface area contributed by atoms with Gasteiger partial charge in [0.05, 0.1) is 19.7 Å². The van der Waals surface area contributed by atoms with Crippen molar-refractivity contribution in [2.75, 3.05) is 38.6 Å². The summed E-state index contributed by atoms with van der Waals surface area (Å²) in [6.07, 6.45) is 3.88. The quantitative estimate of drug-likeness (QED) is 0.519. The van der Waals surface area contributed by atoms with Crippen molar-refractivity contribution in [1.82, 2.24) is 24.4 Å². The van der Waals surface area contributed by atoms with Crippen LogP contribution in [0.25, 0.3) is 5.65 Å². The molecule has 1 unspecified atom stereocenters. The number of nitrogens with one attached hydrogen (secondary N) is 1. The molecular formula is C25H28N6O4. The molecule has 10 heteroatoms. The number of ketones is 1. The summed E-state index contributed by atoms with van der Waals surface area (Å²) in [4.78, 5) is 42.3. The van der Waals surface area contributed by atoms with Crippen molar-refractivity contribution in [3.05, 3.63) is 54.2 Å². The number of likely N-dealkylation sites (tertiary alicyclic amines) is 2. The summed E-state index contributed by atoms with van der Waals surface area (Å²) in [6, 6.07) is 12.4. The second-order valence-corrected chi connectivity index (χ2v) is 8.97. The molecule has 0 radical (unpaired) electrons. The van der Waals surface area contributed by atoms with Crippen LogP contribution in [-0.4, -0.2) is 81.3 Å². The van der Waals surface area contributed by atoms with Crippen LogP contribution in [0.3, 0.4) is 0 Å². The van der Waals surface area contributed by atoms with E-state index in [0.29, 0.717) is 43.2 Å². The van der Waals surface area contributed by atoms with Crippen molar-refractivity contribution in [2.24, 2.45) is 5.92 Å². The first-order chi connectivity index (χ1) is 17.0. The van der Waals surface area contributed by atoms with Crippen LogP contribution in [0.4, 0.5) is 5.95 Å². The SMILES string of the molecule is COc1ccc(C(=O)C2CCN(C3CCN(CC(=O)Nc4nnc5ccccn45)C3=O)CC2)cc1. The van der Waals surface area contributed by atoms with Crippen LogP contribution in [0.1, 0.15) is 29.6 Å². The summed E-state index contributed by atoms with van der Waals surface area (Å²) in [5.74, 6) is 0.814. The van der Waals surface area contributed by atoms with E-state index >= 15 is 0 Å². The van der Waals surface area contributed by atoms with Gasteiger partial charge in [-0.05, 0) is 68.8 Å². The number of ether oxygens (including phenoxy) is 1. The zero-order valence-corrected chi connectivity index (χ0v) is 19.6. The maximum absolute atomic E-state index is 13.0. The molecule has 0 spiro atoms. The Hall–Kier alpha value is -3.79. The Morgan fingerprint density at radius 3 is 2.54 bits per heavy atom. The number of anilines is 1. The molecule has 10 nitrogen and oxygen atoms in total. The molecule has 1 N–H and O–H groups in total. The Kier molecular flexibility index (Phi) is 6.45. The van der Waals surface area contributed by atoms with Gasteiger partial charge in [-0.15, -0.1) is 10.2 Å². The zero-order valence-electron chi connectivity index (χ0n) is 19.6. The van der Waals surface area contributed by atoms with E-state index in [1.165, 1.54) is 0 Å². The number of piperidine rings is 1. The summed E-state index contributed by atoms with van der Waals surface area (Å²) in [6.45, 7) is 1.88. The Balaban J connectivity index is 1.13. The molecule has 0 saturated carbocycles. The first-order valence-electron chi connectivity index (χ1n) is 11.8. The molecule has 2 amide bonds. The number of hydrogen-bond donors (Lipinski definition) is 1. The van der Waals surface area contributed by atoms with Crippen molar-refractivity contribution in [1.29, 1.82) is 0 Å². The number of Topliss-reactive ketones (excluding diaryl/α,β-unsaturated/α-hetero) is 1. The normalized spacial score (nSPS) is 19.3. The van der Waals surface area contributed by atoms with Crippen molar-refractivity contribution in [3.63, 3.8) is 0 Å². The van der Waals surface area contributed by atoms with Crippen molar-refractivity contribution >= 4 is 29.2 Å². The number of fused-ring (bicyclic) bond motifs is 1. The molecule has 2 aliphatic rings. The Bertz CT molecular complexity index is 1230. The van der Waals surface area contributed by atoms with Gasteiger partial charge in [-0.3, -0.25) is 29.0 Å². The van der Waals surface area contributed by atoms with Crippen LogP contribution in [0.5, 0.6) is 5.75 Å². The van der Waals surface area contributed by atoms with Gasteiger partial charge in [0.2, 0.25) is 17.8 Å². The van der Waals surface area contributed by atoms with E-state index in [-0.39, 0.29) is 36.1 Å². The van der Waals surface area contributed by atoms with Crippen LogP contribution in [0.15, 0.2) is 48.7 Å². The molecule has 2 saturated heterocycles. The van der Waals surface area contributed by atoms with E-state index < -0.39 is 0 Å². The van der Waals surface area contributed by atoms with Crippen LogP contribution < -0.4 is 10.1 Å². The third-order valence-corrected chi connectivity index (χ3v) is 6.88. The van der Waals surface area contributed by atoms with E-state index in [1.807, 2.05) is 12.1 Å². The van der Waals surface area contributed by atoms with Gasteiger partial charge >= 0.3 is 0 Å². The fourth-order valence-electron chi connectivity index (χ4n) is 4.95. The van der Waals surface area contributed by atoms with E-state index in [4.69, 9.17) is 4.74 Å². The van der Waals surface area contributed by atoms with Crippen LogP contribution in [-0.2, 0) is 9.59 Å². The molecule has 1 atom stereocenters. The molecular weight excluding hydrogens is 448 g/mol. The molecule has 2 aromatic heterocycles. The van der Waals surface area contributed by atoms with E-state index in [1.54, 1.807) is 52.9 Å². The number of methoxy groups -OCH3 is 1. The number of nitrogens with zero attached hydrogens (tertiary/aromatic N) is 5. The lowest BCUT2D eigenvalue weighted by Gasteiger charge is -2.34. The third kappa shape index (κ3) is 4.74. The Morgan fingerprint density at radius 2 is 1.80 bits per heavy atom.